The van der Waals surface area contributed by atoms with Crippen molar-refractivity contribution < 1.29 is 4.79 Å². The topological polar surface area (TPSA) is 85.4 Å². The van der Waals surface area contributed by atoms with Crippen LogP contribution in [0, 0.1) is 11.3 Å². The molecule has 4 heterocycles. The van der Waals surface area contributed by atoms with Crippen LogP contribution in [0.4, 0.5) is 5.13 Å². The van der Waals surface area contributed by atoms with Crippen molar-refractivity contribution in [3.8, 4) is 10.6 Å². The first-order valence-corrected chi connectivity index (χ1v) is 12.7. The predicted octanol–water partition coefficient (Wildman–Crippen LogP) is 2.44. The van der Waals surface area contributed by atoms with E-state index in [0.717, 1.165) is 79.0 Å². The van der Waals surface area contributed by atoms with E-state index < -0.39 is 0 Å². The van der Waals surface area contributed by atoms with Gasteiger partial charge in [-0.15, -0.1) is 10.2 Å². The second-order valence-electron chi connectivity index (χ2n) is 9.71. The zero-order chi connectivity index (χ0) is 21.7. The molecule has 0 radical (unpaired) electrons. The lowest BCUT2D eigenvalue weighted by atomic mass is 9.71. The molecule has 32 heavy (non-hydrogen) atoms. The van der Waals surface area contributed by atoms with Gasteiger partial charge in [0, 0.05) is 60.2 Å². The van der Waals surface area contributed by atoms with Crippen molar-refractivity contribution in [3.63, 3.8) is 0 Å². The third-order valence-electron chi connectivity index (χ3n) is 7.68. The lowest BCUT2D eigenvalue weighted by Gasteiger charge is -2.54. The Labute approximate surface area is 196 Å². The molecule has 3 N–H and O–H groups in total. The number of carbonyl (C=O) groups excluding carboxylic acids is 1. The molecule has 1 aromatic carbocycles. The smallest absolute Gasteiger partial charge is 0.225 e. The standard InChI is InChI=1S/C22H28ClN7OS/c23-16-4-1-14(2-5-16)19-26-27-21(32-19)29-9-7-22(8-10-29)12-30(13-22)20(31)15-3-6-17-18(11-15)25-28-24-17/h1-2,4-5,15,17-18,24-25,28H,3,6-13H2. The van der Waals surface area contributed by atoms with Crippen LogP contribution in [0.15, 0.2) is 24.3 Å². The summed E-state index contributed by atoms with van der Waals surface area (Å²) in [6.45, 7) is 3.79. The summed E-state index contributed by atoms with van der Waals surface area (Å²) in [7, 11) is 0. The van der Waals surface area contributed by atoms with Crippen molar-refractivity contribution in [1.82, 2.24) is 31.5 Å². The van der Waals surface area contributed by atoms with Crippen LogP contribution in [0.5, 0.6) is 0 Å². The summed E-state index contributed by atoms with van der Waals surface area (Å²) >= 11 is 7.63. The minimum absolute atomic E-state index is 0.163. The van der Waals surface area contributed by atoms with E-state index in [2.05, 4.69) is 36.4 Å². The number of hydrogen-bond donors (Lipinski definition) is 3. The van der Waals surface area contributed by atoms with Crippen LogP contribution in [0.3, 0.4) is 0 Å². The van der Waals surface area contributed by atoms with Gasteiger partial charge < -0.3 is 9.80 Å². The van der Waals surface area contributed by atoms with Crippen LogP contribution in [-0.2, 0) is 4.79 Å². The highest BCUT2D eigenvalue weighted by molar-refractivity contribution is 7.18. The van der Waals surface area contributed by atoms with E-state index >= 15 is 0 Å². The molecule has 2 aromatic rings. The minimum Gasteiger partial charge on any atom is -0.347 e. The highest BCUT2D eigenvalue weighted by atomic mass is 35.5. The molecule has 3 atom stereocenters. The molecule has 0 bridgehead atoms. The van der Waals surface area contributed by atoms with E-state index in [4.69, 9.17) is 11.6 Å². The van der Waals surface area contributed by atoms with Gasteiger partial charge >= 0.3 is 0 Å². The molecule has 1 amide bonds. The Morgan fingerprint density at radius 1 is 1.06 bits per heavy atom. The molecule has 6 rings (SSSR count). The number of halogens is 1. The Hall–Kier alpha value is -1.78. The zero-order valence-corrected chi connectivity index (χ0v) is 19.5. The Morgan fingerprint density at radius 3 is 2.59 bits per heavy atom. The van der Waals surface area contributed by atoms with E-state index in [1.807, 2.05) is 24.3 Å². The summed E-state index contributed by atoms with van der Waals surface area (Å²) in [6, 6.07) is 8.55. The van der Waals surface area contributed by atoms with Crippen LogP contribution >= 0.6 is 22.9 Å². The summed E-state index contributed by atoms with van der Waals surface area (Å²) in [6.07, 6.45) is 5.18. The van der Waals surface area contributed by atoms with Gasteiger partial charge in [-0.1, -0.05) is 35.1 Å². The van der Waals surface area contributed by atoms with Crippen molar-refractivity contribution in [2.45, 2.75) is 44.2 Å². The largest absolute Gasteiger partial charge is 0.347 e. The van der Waals surface area contributed by atoms with Gasteiger partial charge in [0.25, 0.3) is 0 Å². The van der Waals surface area contributed by atoms with Gasteiger partial charge in [-0.3, -0.25) is 4.79 Å². The van der Waals surface area contributed by atoms with Gasteiger partial charge in [0.1, 0.15) is 5.01 Å². The molecule has 4 fully saturated rings. The average Bonchev–Trinajstić information content (AvgIpc) is 3.47. The van der Waals surface area contributed by atoms with Crippen molar-refractivity contribution in [1.29, 1.82) is 0 Å². The summed E-state index contributed by atoms with van der Waals surface area (Å²) in [4.78, 5) is 17.5. The van der Waals surface area contributed by atoms with Crippen LogP contribution in [0.25, 0.3) is 10.6 Å². The molecule has 1 spiro atoms. The van der Waals surface area contributed by atoms with Gasteiger partial charge in [0.05, 0.1) is 0 Å². The molecule has 4 aliphatic rings. The molecule has 8 nitrogen and oxygen atoms in total. The van der Waals surface area contributed by atoms with Crippen molar-refractivity contribution >= 4 is 34.0 Å². The average molecular weight is 474 g/mol. The summed E-state index contributed by atoms with van der Waals surface area (Å²) in [5, 5.41) is 11.5. The van der Waals surface area contributed by atoms with Gasteiger partial charge in [-0.05, 0) is 44.2 Å². The maximum Gasteiger partial charge on any atom is 0.225 e. The number of benzene rings is 1. The fourth-order valence-corrected chi connectivity index (χ4v) is 6.70. The quantitative estimate of drug-likeness (QED) is 0.631. The van der Waals surface area contributed by atoms with Gasteiger partial charge in [0.2, 0.25) is 11.0 Å². The molecular weight excluding hydrogens is 446 g/mol. The number of likely N-dealkylation sites (tertiary alicyclic amines) is 1. The minimum atomic E-state index is 0.163. The number of amides is 1. The van der Waals surface area contributed by atoms with E-state index in [1.54, 1.807) is 11.3 Å². The van der Waals surface area contributed by atoms with Crippen LogP contribution < -0.4 is 21.3 Å². The number of hydrazine groups is 2. The monoisotopic (exact) mass is 473 g/mol. The fraction of sp³-hybridized carbons (Fsp3) is 0.591. The van der Waals surface area contributed by atoms with E-state index in [1.165, 1.54) is 0 Å². The first-order valence-electron chi connectivity index (χ1n) is 11.5. The van der Waals surface area contributed by atoms with E-state index in [-0.39, 0.29) is 5.92 Å². The molecular formula is C22H28ClN7OS. The summed E-state index contributed by atoms with van der Waals surface area (Å²) in [5.41, 5.74) is 10.9. The van der Waals surface area contributed by atoms with Gasteiger partial charge in [0.15, 0.2) is 0 Å². The van der Waals surface area contributed by atoms with Gasteiger partial charge in [-0.2, -0.15) is 5.53 Å². The second kappa shape index (κ2) is 8.22. The van der Waals surface area contributed by atoms with Crippen molar-refractivity contribution in [3.05, 3.63) is 29.3 Å². The molecule has 1 aliphatic carbocycles. The molecule has 3 saturated heterocycles. The molecule has 1 saturated carbocycles. The molecule has 1 aromatic heterocycles. The lowest BCUT2D eigenvalue weighted by Crippen LogP contribution is -2.63. The number of piperidine rings is 1. The fourth-order valence-electron chi connectivity index (χ4n) is 5.67. The highest BCUT2D eigenvalue weighted by Gasteiger charge is 2.49. The first-order chi connectivity index (χ1) is 15.6. The Bertz CT molecular complexity index is 982. The highest BCUT2D eigenvalue weighted by Crippen LogP contribution is 2.43. The van der Waals surface area contributed by atoms with Crippen LogP contribution in [0.2, 0.25) is 5.02 Å². The third-order valence-corrected chi connectivity index (χ3v) is 8.96. The number of rotatable bonds is 3. The number of hydrogen-bond acceptors (Lipinski definition) is 8. The predicted molar refractivity (Wildman–Crippen MR) is 125 cm³/mol. The third kappa shape index (κ3) is 3.80. The molecule has 10 heteroatoms. The van der Waals surface area contributed by atoms with Crippen LogP contribution in [0.1, 0.15) is 32.1 Å². The van der Waals surface area contributed by atoms with E-state index in [9.17, 15) is 4.79 Å². The Balaban J connectivity index is 1.02. The summed E-state index contributed by atoms with van der Waals surface area (Å²) < 4.78 is 0. The number of nitrogens with zero attached hydrogens (tertiary/aromatic N) is 4. The maximum absolute atomic E-state index is 13.1. The second-order valence-corrected chi connectivity index (χ2v) is 11.1. The number of anilines is 1. The summed E-state index contributed by atoms with van der Waals surface area (Å²) in [5.74, 6) is 0.525. The van der Waals surface area contributed by atoms with Crippen molar-refractivity contribution in [2.24, 2.45) is 11.3 Å². The lowest BCUT2D eigenvalue weighted by molar-refractivity contribution is -0.150. The molecule has 3 unspecified atom stereocenters. The number of aromatic nitrogens is 2. The number of carbonyl (C=O) groups is 1. The zero-order valence-electron chi connectivity index (χ0n) is 17.9. The SMILES string of the molecule is O=C(C1CCC2NNNC2C1)N1CC2(CCN(c3nnc(-c4ccc(Cl)cc4)s3)CC2)C1. The Kier molecular flexibility index (Phi) is 5.34. The normalized spacial score (nSPS) is 29.1. The number of nitrogens with one attached hydrogen (secondary N) is 3. The van der Waals surface area contributed by atoms with E-state index in [0.29, 0.717) is 23.4 Å². The van der Waals surface area contributed by atoms with Crippen molar-refractivity contribution in [2.75, 3.05) is 31.1 Å². The molecule has 170 valence electrons. The van der Waals surface area contributed by atoms with Crippen LogP contribution in [-0.4, -0.2) is 59.3 Å². The number of fused-ring (bicyclic) bond motifs is 1. The maximum atomic E-state index is 13.1. The molecule has 3 aliphatic heterocycles. The van der Waals surface area contributed by atoms with Gasteiger partial charge in [-0.25, -0.2) is 10.9 Å². The Morgan fingerprint density at radius 2 is 1.81 bits per heavy atom. The first kappa shape index (κ1) is 20.8.